The molecule has 0 aromatic carbocycles. The van der Waals surface area contributed by atoms with Gasteiger partial charge in [-0.25, -0.2) is 0 Å². The van der Waals surface area contributed by atoms with Crippen LogP contribution in [0.25, 0.3) is 0 Å². The van der Waals surface area contributed by atoms with E-state index in [1.54, 1.807) is 0 Å². The first-order valence-electron chi connectivity index (χ1n) is 1.62. The average Bonchev–Trinajstić information content (AvgIpc) is 1.63. The first kappa shape index (κ1) is 12.6. The van der Waals surface area contributed by atoms with Crippen molar-refractivity contribution in [2.45, 2.75) is 0 Å². The van der Waals surface area contributed by atoms with Crippen molar-refractivity contribution in [3.8, 4) is 0 Å². The molecule has 0 aromatic rings. The van der Waals surface area contributed by atoms with Gasteiger partial charge in [-0.1, -0.05) is 0 Å². The van der Waals surface area contributed by atoms with Crippen molar-refractivity contribution < 1.29 is 30.5 Å². The van der Waals surface area contributed by atoms with Crippen LogP contribution in [0.3, 0.4) is 0 Å². The molecule has 0 aliphatic carbocycles. The van der Waals surface area contributed by atoms with Crippen molar-refractivity contribution in [3.63, 3.8) is 0 Å². The third-order valence-corrected chi connectivity index (χ3v) is 0.632. The molecule has 0 rings (SSSR count). The summed E-state index contributed by atoms with van der Waals surface area (Å²) < 4.78 is 52.5. The van der Waals surface area contributed by atoms with Crippen LogP contribution in [0.4, 0.5) is 0 Å². The summed E-state index contributed by atoms with van der Waals surface area (Å²) in [5, 5.41) is 0. The van der Waals surface area contributed by atoms with Crippen LogP contribution in [0.15, 0.2) is 0 Å². The molecule has 0 amide bonds. The molecule has 0 aliphatic heterocycles. The van der Waals surface area contributed by atoms with Crippen LogP contribution in [0.1, 0.15) is 0 Å². The summed E-state index contributed by atoms with van der Waals surface area (Å²) in [6, 6.07) is 0. The third-order valence-electron chi connectivity index (χ3n) is 0.211. The summed E-state index contributed by atoms with van der Waals surface area (Å²) >= 11 is -2.61. The van der Waals surface area contributed by atoms with Gasteiger partial charge in [0.05, 0.1) is 7.11 Å². The van der Waals surface area contributed by atoms with Crippen molar-refractivity contribution in [1.29, 1.82) is 0 Å². The molecular weight excluding hydrogens is 188 g/mol. The average molecular weight is 194 g/mol. The molecule has 7 nitrogen and oxygen atoms in total. The van der Waals surface area contributed by atoms with Gasteiger partial charge in [-0.2, -0.15) is 12.6 Å². The highest BCUT2D eigenvalue weighted by atomic mass is 32.3. The smallest absolute Gasteiger partial charge is 0.284 e. The van der Waals surface area contributed by atoms with E-state index in [4.69, 9.17) is 17.9 Å². The quantitative estimate of drug-likeness (QED) is 0.366. The van der Waals surface area contributed by atoms with E-state index in [0.717, 1.165) is 7.11 Å². The normalized spacial score (nSPS) is 10.5. The lowest BCUT2D eigenvalue weighted by Gasteiger charge is -1.82. The van der Waals surface area contributed by atoms with Crippen molar-refractivity contribution in [1.82, 2.24) is 0 Å². The minimum atomic E-state index is -4.16. The highest BCUT2D eigenvalue weighted by Gasteiger charge is 1.93. The largest absolute Gasteiger partial charge is 0.397 e. The highest BCUT2D eigenvalue weighted by Crippen LogP contribution is 1.74. The fraction of sp³-hybridized carbons (Fsp3) is 1.00. The second-order valence-corrected chi connectivity index (χ2v) is 2.48. The zero-order valence-electron chi connectivity index (χ0n) is 4.79. The van der Waals surface area contributed by atoms with Gasteiger partial charge in [-0.3, -0.25) is 17.8 Å². The molecule has 0 unspecified atom stereocenters. The number of rotatable bonds is 1. The first-order valence-corrected chi connectivity index (χ1v) is 4.05. The van der Waals surface area contributed by atoms with Crippen LogP contribution in [0, 0.1) is 0 Å². The maximum absolute atomic E-state index is 9.33. The fourth-order valence-corrected chi connectivity index (χ4v) is 0. The van der Waals surface area contributed by atoms with Crippen molar-refractivity contribution >= 4 is 21.8 Å². The van der Waals surface area contributed by atoms with Gasteiger partial charge in [0, 0.05) is 0 Å². The van der Waals surface area contributed by atoms with E-state index in [0.29, 0.717) is 0 Å². The molecule has 9 heteroatoms. The van der Waals surface area contributed by atoms with E-state index < -0.39 is 21.8 Å². The molecule has 3 N–H and O–H groups in total. The summed E-state index contributed by atoms with van der Waals surface area (Å²) in [5.41, 5.74) is 0. The summed E-state index contributed by atoms with van der Waals surface area (Å²) in [7, 11) is -3.29. The monoisotopic (exact) mass is 194 g/mol. The predicted molar refractivity (Wildman–Crippen MR) is 32.0 cm³/mol. The minimum absolute atomic E-state index is 0.870. The molecular formula is CH6O7S2. The number of hydrogen-bond acceptors (Lipinski definition) is 4. The van der Waals surface area contributed by atoms with Gasteiger partial charge in [-0.05, 0) is 0 Å². The van der Waals surface area contributed by atoms with Crippen LogP contribution in [-0.2, 0) is 25.9 Å². The highest BCUT2D eigenvalue weighted by molar-refractivity contribution is 7.80. The second-order valence-electron chi connectivity index (χ2n) is 0.825. The molecule has 0 atom stereocenters. The Morgan fingerprint density at radius 1 is 1.40 bits per heavy atom. The van der Waals surface area contributed by atoms with E-state index >= 15 is 0 Å². The summed E-state index contributed by atoms with van der Waals surface area (Å²) in [4.78, 5) is 0. The topological polar surface area (TPSA) is 121 Å². The standard InChI is InChI=1S/CH4O4S.H2O3S/c1-5-6(2,3)4;1-4(2)3/h1H3,(H,2,3,4);(H2,1,2,3). The van der Waals surface area contributed by atoms with Crippen molar-refractivity contribution in [2.24, 2.45) is 0 Å². The first-order chi connectivity index (χ1) is 4.29. The molecule has 0 saturated carbocycles. The van der Waals surface area contributed by atoms with Gasteiger partial charge in [-0.15, -0.1) is 0 Å². The predicted octanol–water partition coefficient (Wildman–Crippen LogP) is -0.883. The van der Waals surface area contributed by atoms with Crippen LogP contribution < -0.4 is 0 Å². The molecule has 0 heterocycles. The number of hydrogen-bond donors (Lipinski definition) is 3. The zero-order valence-corrected chi connectivity index (χ0v) is 6.42. The van der Waals surface area contributed by atoms with Crippen LogP contribution in [0.2, 0.25) is 0 Å². The Morgan fingerprint density at radius 3 is 1.50 bits per heavy atom. The Morgan fingerprint density at radius 2 is 1.50 bits per heavy atom. The molecule has 0 saturated heterocycles. The van der Waals surface area contributed by atoms with Gasteiger partial charge in [0.2, 0.25) is 0 Å². The molecule has 0 spiro atoms. The Bertz CT molecular complexity index is 174. The molecule has 0 fully saturated rings. The Kier molecular flexibility index (Phi) is 7.19. The van der Waals surface area contributed by atoms with E-state index in [1.165, 1.54) is 0 Å². The van der Waals surface area contributed by atoms with E-state index in [1.807, 2.05) is 0 Å². The van der Waals surface area contributed by atoms with Gasteiger partial charge in [0.25, 0.3) is 11.4 Å². The molecule has 0 radical (unpaired) electrons. The van der Waals surface area contributed by atoms with Gasteiger partial charge in [0.1, 0.15) is 0 Å². The van der Waals surface area contributed by atoms with E-state index in [2.05, 4.69) is 4.18 Å². The molecule has 10 heavy (non-hydrogen) atoms. The van der Waals surface area contributed by atoms with Crippen molar-refractivity contribution in [2.75, 3.05) is 7.11 Å². The fourth-order valence-electron chi connectivity index (χ4n) is 0. The van der Waals surface area contributed by atoms with Gasteiger partial charge in [0.15, 0.2) is 0 Å². The second kappa shape index (κ2) is 5.70. The Balaban J connectivity index is 0. The maximum atomic E-state index is 9.33. The molecule has 0 aromatic heterocycles. The zero-order chi connectivity index (χ0) is 8.78. The van der Waals surface area contributed by atoms with Crippen LogP contribution in [0.5, 0.6) is 0 Å². The third kappa shape index (κ3) is 44.2. The van der Waals surface area contributed by atoms with Gasteiger partial charge < -0.3 is 0 Å². The van der Waals surface area contributed by atoms with E-state index in [-0.39, 0.29) is 0 Å². The molecule has 64 valence electrons. The van der Waals surface area contributed by atoms with Gasteiger partial charge >= 0.3 is 10.4 Å². The summed E-state index contributed by atoms with van der Waals surface area (Å²) in [6.45, 7) is 0. The summed E-state index contributed by atoms with van der Waals surface area (Å²) in [6.07, 6.45) is 0. The van der Waals surface area contributed by atoms with E-state index in [9.17, 15) is 8.42 Å². The maximum Gasteiger partial charge on any atom is 0.397 e. The Labute approximate surface area is 60.1 Å². The summed E-state index contributed by atoms with van der Waals surface area (Å²) in [5.74, 6) is 0. The lowest BCUT2D eigenvalue weighted by atomic mass is 11.8. The van der Waals surface area contributed by atoms with Crippen molar-refractivity contribution in [3.05, 3.63) is 0 Å². The lowest BCUT2D eigenvalue weighted by molar-refractivity contribution is 0.324. The van der Waals surface area contributed by atoms with Crippen LogP contribution in [-0.4, -0.2) is 33.4 Å². The molecule has 0 aliphatic rings. The Hall–Kier alpha value is -0.0600. The van der Waals surface area contributed by atoms with Crippen LogP contribution >= 0.6 is 0 Å². The lowest BCUT2D eigenvalue weighted by Crippen LogP contribution is -1.96. The minimum Gasteiger partial charge on any atom is -0.284 e. The molecule has 0 bridgehead atoms. The SMILES string of the molecule is COS(=O)(=O)O.O=S(O)O.